The van der Waals surface area contributed by atoms with Gasteiger partial charge in [-0.3, -0.25) is 9.59 Å². The fourth-order valence-electron chi connectivity index (χ4n) is 2.72. The molecule has 2 aromatic rings. The molecule has 0 saturated carbocycles. The zero-order valence-electron chi connectivity index (χ0n) is 14.0. The van der Waals surface area contributed by atoms with Crippen LogP contribution in [-0.4, -0.2) is 25.0 Å². The first-order valence-electron chi connectivity index (χ1n) is 8.31. The standard InChI is InChI=1S/C19H18ClFN2O3/c20-16-12-13(21)3-8-17(16)26-11-9-18(24)22-14-4-6-15(7-5-14)23-10-1-2-19(23)25/h3-8,12H,1-2,9-11H2,(H,22,24). The molecule has 0 atom stereocenters. The zero-order valence-corrected chi connectivity index (χ0v) is 14.8. The van der Waals surface area contributed by atoms with Crippen LogP contribution in [0.3, 0.4) is 0 Å². The smallest absolute Gasteiger partial charge is 0.227 e. The van der Waals surface area contributed by atoms with Crippen LogP contribution in [-0.2, 0) is 9.59 Å². The van der Waals surface area contributed by atoms with E-state index in [1.807, 2.05) is 12.1 Å². The Balaban J connectivity index is 1.48. The number of carbonyl (C=O) groups excluding carboxylic acids is 2. The van der Waals surface area contributed by atoms with Crippen molar-refractivity contribution < 1.29 is 18.7 Å². The summed E-state index contributed by atoms with van der Waals surface area (Å²) in [5.41, 5.74) is 1.48. The molecule has 1 aliphatic rings. The third kappa shape index (κ3) is 4.52. The highest BCUT2D eigenvalue weighted by Crippen LogP contribution is 2.25. The summed E-state index contributed by atoms with van der Waals surface area (Å²) < 4.78 is 18.4. The van der Waals surface area contributed by atoms with E-state index in [4.69, 9.17) is 16.3 Å². The average Bonchev–Trinajstić information content (AvgIpc) is 3.03. The molecule has 0 bridgehead atoms. The van der Waals surface area contributed by atoms with Crippen molar-refractivity contribution in [3.05, 3.63) is 53.3 Å². The summed E-state index contributed by atoms with van der Waals surface area (Å²) in [6.45, 7) is 0.853. The molecule has 26 heavy (non-hydrogen) atoms. The second-order valence-electron chi connectivity index (χ2n) is 5.92. The van der Waals surface area contributed by atoms with Crippen LogP contribution in [0, 0.1) is 5.82 Å². The van der Waals surface area contributed by atoms with Gasteiger partial charge >= 0.3 is 0 Å². The molecule has 1 fully saturated rings. The van der Waals surface area contributed by atoms with Crippen LogP contribution in [0.15, 0.2) is 42.5 Å². The number of hydrogen-bond donors (Lipinski definition) is 1. The Labute approximate surface area is 155 Å². The van der Waals surface area contributed by atoms with Gasteiger partial charge in [0, 0.05) is 24.3 Å². The predicted octanol–water partition coefficient (Wildman–Crippen LogP) is 4.01. The highest BCUT2D eigenvalue weighted by Gasteiger charge is 2.21. The Bertz CT molecular complexity index is 811. The second-order valence-corrected chi connectivity index (χ2v) is 6.32. The van der Waals surface area contributed by atoms with Crippen molar-refractivity contribution in [2.45, 2.75) is 19.3 Å². The zero-order chi connectivity index (χ0) is 18.5. The van der Waals surface area contributed by atoms with E-state index in [-0.39, 0.29) is 29.9 Å². The number of halogens is 2. The van der Waals surface area contributed by atoms with E-state index < -0.39 is 5.82 Å². The number of rotatable bonds is 6. The number of anilines is 2. The third-order valence-electron chi connectivity index (χ3n) is 4.02. The molecule has 1 heterocycles. The molecule has 1 aliphatic heterocycles. The molecule has 2 amide bonds. The highest BCUT2D eigenvalue weighted by molar-refractivity contribution is 6.32. The first-order valence-corrected chi connectivity index (χ1v) is 8.69. The Hall–Kier alpha value is -2.60. The highest BCUT2D eigenvalue weighted by atomic mass is 35.5. The molecule has 3 rings (SSSR count). The molecular weight excluding hydrogens is 359 g/mol. The van der Waals surface area contributed by atoms with Gasteiger partial charge in [-0.2, -0.15) is 0 Å². The van der Waals surface area contributed by atoms with Crippen molar-refractivity contribution >= 4 is 34.8 Å². The van der Waals surface area contributed by atoms with E-state index in [0.717, 1.165) is 24.7 Å². The molecule has 5 nitrogen and oxygen atoms in total. The van der Waals surface area contributed by atoms with Gasteiger partial charge in [0.25, 0.3) is 0 Å². The van der Waals surface area contributed by atoms with E-state index >= 15 is 0 Å². The molecule has 0 aliphatic carbocycles. The first-order chi connectivity index (χ1) is 12.5. The largest absolute Gasteiger partial charge is 0.491 e. The lowest BCUT2D eigenvalue weighted by Crippen LogP contribution is -2.23. The van der Waals surface area contributed by atoms with Crippen molar-refractivity contribution in [2.75, 3.05) is 23.4 Å². The number of nitrogens with one attached hydrogen (secondary N) is 1. The average molecular weight is 377 g/mol. The van der Waals surface area contributed by atoms with Gasteiger partial charge in [-0.05, 0) is 48.9 Å². The number of nitrogens with zero attached hydrogens (tertiary/aromatic N) is 1. The van der Waals surface area contributed by atoms with Gasteiger partial charge in [0.15, 0.2) is 0 Å². The minimum absolute atomic E-state index is 0.123. The molecule has 0 unspecified atom stereocenters. The van der Waals surface area contributed by atoms with Crippen molar-refractivity contribution in [1.29, 1.82) is 0 Å². The lowest BCUT2D eigenvalue weighted by atomic mass is 10.2. The number of carbonyl (C=O) groups is 2. The van der Waals surface area contributed by atoms with Gasteiger partial charge in [0.1, 0.15) is 11.6 Å². The summed E-state index contributed by atoms with van der Waals surface area (Å²) in [7, 11) is 0. The van der Waals surface area contributed by atoms with Gasteiger partial charge in [0.2, 0.25) is 11.8 Å². The van der Waals surface area contributed by atoms with Crippen molar-refractivity contribution in [2.24, 2.45) is 0 Å². The van der Waals surface area contributed by atoms with E-state index in [1.165, 1.54) is 12.1 Å². The Kier molecular flexibility index (Phi) is 5.73. The minimum atomic E-state index is -0.445. The maximum atomic E-state index is 13.0. The van der Waals surface area contributed by atoms with E-state index in [2.05, 4.69) is 5.32 Å². The van der Waals surface area contributed by atoms with Crippen LogP contribution >= 0.6 is 11.6 Å². The Morgan fingerprint density at radius 3 is 2.65 bits per heavy atom. The fourth-order valence-corrected chi connectivity index (χ4v) is 2.94. The van der Waals surface area contributed by atoms with E-state index in [1.54, 1.807) is 17.0 Å². The maximum absolute atomic E-state index is 13.0. The number of benzene rings is 2. The fraction of sp³-hybridized carbons (Fsp3) is 0.263. The number of amides is 2. The monoisotopic (exact) mass is 376 g/mol. The minimum Gasteiger partial charge on any atom is -0.491 e. The number of ether oxygens (including phenoxy) is 1. The topological polar surface area (TPSA) is 58.6 Å². The molecule has 0 aromatic heterocycles. The lowest BCUT2D eigenvalue weighted by molar-refractivity contribution is -0.117. The second kappa shape index (κ2) is 8.19. The van der Waals surface area contributed by atoms with E-state index in [0.29, 0.717) is 17.9 Å². The van der Waals surface area contributed by atoms with Gasteiger partial charge in [0.05, 0.1) is 18.1 Å². The summed E-state index contributed by atoms with van der Waals surface area (Å²) in [6, 6.07) is 11.0. The summed E-state index contributed by atoms with van der Waals surface area (Å²) in [6.07, 6.45) is 1.58. The Morgan fingerprint density at radius 2 is 2.00 bits per heavy atom. The summed E-state index contributed by atoms with van der Waals surface area (Å²) in [5, 5.41) is 2.93. The van der Waals surface area contributed by atoms with Crippen molar-refractivity contribution in [1.82, 2.24) is 0 Å². The van der Waals surface area contributed by atoms with Crippen LogP contribution in [0.4, 0.5) is 15.8 Å². The molecule has 1 saturated heterocycles. The van der Waals surface area contributed by atoms with Crippen LogP contribution < -0.4 is 15.0 Å². The predicted molar refractivity (Wildman–Crippen MR) is 98.2 cm³/mol. The van der Waals surface area contributed by atoms with Crippen LogP contribution in [0.2, 0.25) is 5.02 Å². The van der Waals surface area contributed by atoms with Crippen LogP contribution in [0.25, 0.3) is 0 Å². The SMILES string of the molecule is O=C(CCOc1ccc(F)cc1Cl)Nc1ccc(N2CCCC2=O)cc1. The first kappa shape index (κ1) is 18.2. The van der Waals surface area contributed by atoms with Crippen LogP contribution in [0.1, 0.15) is 19.3 Å². The van der Waals surface area contributed by atoms with Gasteiger partial charge in [-0.25, -0.2) is 4.39 Å². The van der Waals surface area contributed by atoms with Gasteiger partial charge < -0.3 is 15.0 Å². The van der Waals surface area contributed by atoms with Gasteiger partial charge in [-0.1, -0.05) is 11.6 Å². The molecule has 0 radical (unpaired) electrons. The van der Waals surface area contributed by atoms with Crippen LogP contribution in [0.5, 0.6) is 5.75 Å². The summed E-state index contributed by atoms with van der Waals surface area (Å²) in [4.78, 5) is 25.5. The third-order valence-corrected chi connectivity index (χ3v) is 4.31. The maximum Gasteiger partial charge on any atom is 0.227 e. The Morgan fingerprint density at radius 1 is 1.23 bits per heavy atom. The molecule has 2 aromatic carbocycles. The molecule has 0 spiro atoms. The van der Waals surface area contributed by atoms with Crippen molar-refractivity contribution in [3.8, 4) is 5.75 Å². The quantitative estimate of drug-likeness (QED) is 0.828. The summed E-state index contributed by atoms with van der Waals surface area (Å²) >= 11 is 5.86. The van der Waals surface area contributed by atoms with Crippen molar-refractivity contribution in [3.63, 3.8) is 0 Å². The molecule has 1 N–H and O–H groups in total. The molecular formula is C19H18ClFN2O3. The summed E-state index contributed by atoms with van der Waals surface area (Å²) in [5.74, 6) is -0.203. The molecule has 136 valence electrons. The lowest BCUT2D eigenvalue weighted by Gasteiger charge is -2.16. The normalized spacial score (nSPS) is 13.8. The van der Waals surface area contributed by atoms with Gasteiger partial charge in [-0.15, -0.1) is 0 Å². The molecule has 7 heteroatoms. The van der Waals surface area contributed by atoms with E-state index in [9.17, 15) is 14.0 Å². The number of hydrogen-bond acceptors (Lipinski definition) is 3.